The van der Waals surface area contributed by atoms with Crippen molar-refractivity contribution in [2.45, 2.75) is 62.6 Å². The lowest BCUT2D eigenvalue weighted by Gasteiger charge is -2.53. The maximum Gasteiger partial charge on any atom is 0.333 e. The van der Waals surface area contributed by atoms with Crippen LogP contribution in [0.5, 0.6) is 5.75 Å². The SMILES string of the molecule is COc1cccc2[nH]c(C(=O)N3[C@H]4CC[C@@H]([C@@H]3C(=O)N[C@H](/C=C3\CCOC3=O)C[C@@H]3CCNC3=O)C(F)(F)C4)cc12. The summed E-state index contributed by atoms with van der Waals surface area (Å²) >= 11 is 0. The van der Waals surface area contributed by atoms with Gasteiger partial charge < -0.3 is 30.0 Å². The molecule has 2 aromatic rings. The largest absolute Gasteiger partial charge is 0.496 e. The number of fused-ring (bicyclic) bond motifs is 4. The first-order chi connectivity index (χ1) is 19.7. The van der Waals surface area contributed by atoms with Crippen molar-refractivity contribution in [3.05, 3.63) is 41.6 Å². The molecule has 218 valence electrons. The quantitative estimate of drug-likeness (QED) is 0.347. The predicted octanol–water partition coefficient (Wildman–Crippen LogP) is 2.69. The van der Waals surface area contributed by atoms with Crippen molar-refractivity contribution in [3.8, 4) is 5.75 Å². The zero-order valence-corrected chi connectivity index (χ0v) is 22.6. The van der Waals surface area contributed by atoms with Gasteiger partial charge >= 0.3 is 5.97 Å². The number of carbonyl (C=O) groups is 4. The second-order valence-electron chi connectivity index (χ2n) is 11.3. The van der Waals surface area contributed by atoms with Crippen LogP contribution in [0.4, 0.5) is 8.78 Å². The molecular weight excluding hydrogens is 538 g/mol. The van der Waals surface area contributed by atoms with Crippen LogP contribution in [0.15, 0.2) is 35.9 Å². The van der Waals surface area contributed by atoms with Crippen LogP contribution in [-0.4, -0.2) is 77.9 Å². The van der Waals surface area contributed by atoms with Crippen LogP contribution >= 0.6 is 0 Å². The van der Waals surface area contributed by atoms with Gasteiger partial charge in [0.25, 0.3) is 11.8 Å². The monoisotopic (exact) mass is 570 g/mol. The van der Waals surface area contributed by atoms with E-state index in [2.05, 4.69) is 15.6 Å². The summed E-state index contributed by atoms with van der Waals surface area (Å²) in [6, 6.07) is 3.89. The lowest BCUT2D eigenvalue weighted by molar-refractivity contribution is -0.179. The average molecular weight is 571 g/mol. The molecule has 1 aliphatic carbocycles. The molecule has 3 N–H and O–H groups in total. The van der Waals surface area contributed by atoms with Crippen molar-refractivity contribution in [2.24, 2.45) is 11.8 Å². The minimum Gasteiger partial charge on any atom is -0.496 e. The number of benzene rings is 1. The normalized spacial score (nSPS) is 28.6. The fourth-order valence-corrected chi connectivity index (χ4v) is 6.81. The van der Waals surface area contributed by atoms with Gasteiger partial charge in [-0.1, -0.05) is 12.1 Å². The Balaban J connectivity index is 1.32. The van der Waals surface area contributed by atoms with Gasteiger partial charge in [0.15, 0.2) is 0 Å². The summed E-state index contributed by atoms with van der Waals surface area (Å²) in [5.74, 6) is -6.28. The summed E-state index contributed by atoms with van der Waals surface area (Å²) in [4.78, 5) is 56.6. The number of hydrogen-bond acceptors (Lipinski definition) is 6. The van der Waals surface area contributed by atoms with E-state index < -0.39 is 60.1 Å². The number of rotatable bonds is 7. The smallest absolute Gasteiger partial charge is 0.333 e. The highest BCUT2D eigenvalue weighted by Crippen LogP contribution is 2.49. The minimum absolute atomic E-state index is 0.100. The first-order valence-corrected chi connectivity index (χ1v) is 14.0. The Morgan fingerprint density at radius 2 is 2.10 bits per heavy atom. The van der Waals surface area contributed by atoms with Crippen molar-refractivity contribution in [3.63, 3.8) is 0 Å². The van der Waals surface area contributed by atoms with E-state index in [1.54, 1.807) is 30.3 Å². The number of amides is 3. The summed E-state index contributed by atoms with van der Waals surface area (Å²) in [5, 5.41) is 6.25. The Labute approximate surface area is 234 Å². The number of aromatic nitrogens is 1. The molecular formula is C29H32F2N4O6. The molecule has 5 fully saturated rings. The molecule has 10 nitrogen and oxygen atoms in total. The number of esters is 1. The lowest BCUT2D eigenvalue weighted by Crippen LogP contribution is -2.68. The summed E-state index contributed by atoms with van der Waals surface area (Å²) in [7, 11) is 1.52. The van der Waals surface area contributed by atoms with Gasteiger partial charge in [0, 0.05) is 53.9 Å². The van der Waals surface area contributed by atoms with Crippen molar-refractivity contribution >= 4 is 34.6 Å². The van der Waals surface area contributed by atoms with Crippen LogP contribution in [0.3, 0.4) is 0 Å². The number of halogens is 2. The molecule has 1 aromatic heterocycles. The molecule has 5 atom stereocenters. The Bertz CT molecular complexity index is 1440. The van der Waals surface area contributed by atoms with Crippen molar-refractivity contribution in [2.75, 3.05) is 20.3 Å². The van der Waals surface area contributed by atoms with E-state index in [-0.39, 0.29) is 31.0 Å². The molecule has 41 heavy (non-hydrogen) atoms. The molecule has 0 radical (unpaired) electrons. The van der Waals surface area contributed by atoms with Crippen LogP contribution < -0.4 is 15.4 Å². The van der Waals surface area contributed by atoms with Crippen LogP contribution in [0, 0.1) is 11.8 Å². The van der Waals surface area contributed by atoms with Gasteiger partial charge in [0.05, 0.1) is 19.6 Å². The van der Waals surface area contributed by atoms with Gasteiger partial charge in [-0.3, -0.25) is 14.4 Å². The molecule has 4 saturated heterocycles. The van der Waals surface area contributed by atoms with E-state index in [0.717, 1.165) is 0 Å². The highest BCUT2D eigenvalue weighted by Gasteiger charge is 2.60. The summed E-state index contributed by atoms with van der Waals surface area (Å²) in [6.45, 7) is 0.713. The summed E-state index contributed by atoms with van der Waals surface area (Å²) < 4.78 is 40.9. The second kappa shape index (κ2) is 10.5. The van der Waals surface area contributed by atoms with E-state index in [9.17, 15) is 19.2 Å². The van der Waals surface area contributed by atoms with Crippen LogP contribution in [0.1, 0.15) is 49.0 Å². The van der Waals surface area contributed by atoms with Crippen LogP contribution in [0.2, 0.25) is 0 Å². The minimum atomic E-state index is -3.13. The Morgan fingerprint density at radius 1 is 1.27 bits per heavy atom. The number of aromatic amines is 1. The molecule has 4 aliphatic heterocycles. The summed E-state index contributed by atoms with van der Waals surface area (Å²) in [5.41, 5.74) is 1.18. The van der Waals surface area contributed by atoms with Crippen LogP contribution in [-0.2, 0) is 19.1 Å². The third kappa shape index (κ3) is 4.93. The molecule has 7 rings (SSSR count). The third-order valence-electron chi connectivity index (χ3n) is 8.81. The lowest BCUT2D eigenvalue weighted by atomic mass is 9.71. The standard InChI is InChI=1S/C29H32F2N4O6/c1-40-23-4-2-3-21-19(23)13-22(34-21)27(38)35-18-5-6-20(29(30,31)14-18)24(35)26(37)33-17(11-15-7-9-32-25(15)36)12-16-8-10-41-28(16)39/h2-4,12-13,15,17-18,20,24,34H,5-11,14H2,1H3,(H,32,36)(H,33,37)/b16-12+/t15-,17-,18-,20-,24+/m0/s1. The second-order valence-corrected chi connectivity index (χ2v) is 11.3. The average Bonchev–Trinajstić information content (AvgIpc) is 3.67. The highest BCUT2D eigenvalue weighted by molar-refractivity contribution is 6.02. The molecule has 0 unspecified atom stereocenters. The Kier molecular flexibility index (Phi) is 6.95. The number of alkyl halides is 2. The van der Waals surface area contributed by atoms with E-state index in [0.29, 0.717) is 48.0 Å². The molecule has 1 saturated carbocycles. The number of carbonyl (C=O) groups excluding carboxylic acids is 4. The fourth-order valence-electron chi connectivity index (χ4n) is 6.81. The molecule has 2 bridgehead atoms. The predicted molar refractivity (Wildman–Crippen MR) is 142 cm³/mol. The number of ether oxygens (including phenoxy) is 2. The number of piperidine rings is 2. The maximum absolute atomic E-state index is 15.2. The maximum atomic E-state index is 15.2. The number of cyclic esters (lactones) is 1. The fraction of sp³-hybridized carbons (Fsp3) is 0.517. The first-order valence-electron chi connectivity index (χ1n) is 14.0. The van der Waals surface area contributed by atoms with Crippen molar-refractivity contribution < 1.29 is 37.4 Å². The molecule has 0 spiro atoms. The highest BCUT2D eigenvalue weighted by atomic mass is 19.3. The molecule has 1 aromatic carbocycles. The van der Waals surface area contributed by atoms with E-state index in [4.69, 9.17) is 9.47 Å². The van der Waals surface area contributed by atoms with Gasteiger partial charge in [-0.25, -0.2) is 13.6 Å². The van der Waals surface area contributed by atoms with Crippen molar-refractivity contribution in [1.29, 1.82) is 0 Å². The van der Waals surface area contributed by atoms with Crippen LogP contribution in [0.25, 0.3) is 10.9 Å². The van der Waals surface area contributed by atoms with Gasteiger partial charge in [-0.15, -0.1) is 0 Å². The Morgan fingerprint density at radius 3 is 2.78 bits per heavy atom. The number of hydrogen-bond donors (Lipinski definition) is 3. The summed E-state index contributed by atoms with van der Waals surface area (Å²) in [6.07, 6.45) is 2.61. The Hall–Kier alpha value is -3.96. The zero-order valence-electron chi connectivity index (χ0n) is 22.6. The number of H-pyrrole nitrogens is 1. The number of nitrogens with zero attached hydrogens (tertiary/aromatic N) is 1. The van der Waals surface area contributed by atoms with E-state index in [1.165, 1.54) is 12.0 Å². The van der Waals surface area contributed by atoms with Gasteiger partial charge in [-0.05, 0) is 43.9 Å². The third-order valence-corrected chi connectivity index (χ3v) is 8.81. The number of nitrogens with one attached hydrogen (secondary N) is 3. The molecule has 5 heterocycles. The molecule has 12 heteroatoms. The molecule has 5 aliphatic rings. The first kappa shape index (κ1) is 27.2. The van der Waals surface area contributed by atoms with Crippen molar-refractivity contribution in [1.82, 2.24) is 20.5 Å². The van der Waals surface area contributed by atoms with E-state index >= 15 is 8.78 Å². The van der Waals surface area contributed by atoms with Gasteiger partial charge in [0.2, 0.25) is 11.8 Å². The van der Waals surface area contributed by atoms with Gasteiger partial charge in [0.1, 0.15) is 17.5 Å². The van der Waals surface area contributed by atoms with Gasteiger partial charge in [-0.2, -0.15) is 0 Å². The van der Waals surface area contributed by atoms with E-state index in [1.807, 2.05) is 0 Å². The topological polar surface area (TPSA) is 130 Å². The molecule has 3 amide bonds. The zero-order chi connectivity index (χ0) is 28.9. The number of methoxy groups -OCH3 is 1.